The Labute approximate surface area is 240 Å². The highest BCUT2D eigenvalue weighted by molar-refractivity contribution is 7.26. The number of allylic oxidation sites excluding steroid dienone is 2. The molecule has 0 amide bonds. The molecular formula is C38H23NOS. The molecule has 0 saturated carbocycles. The number of nitrogens with zero attached hydrogens (tertiary/aromatic N) is 1. The van der Waals surface area contributed by atoms with Gasteiger partial charge in [0.2, 0.25) is 0 Å². The fourth-order valence-electron chi connectivity index (χ4n) is 7.40. The van der Waals surface area contributed by atoms with Gasteiger partial charge in [0.15, 0.2) is 0 Å². The largest absolute Gasteiger partial charge is 0.483 e. The van der Waals surface area contributed by atoms with Crippen LogP contribution in [0.3, 0.4) is 0 Å². The Morgan fingerprint density at radius 2 is 1.37 bits per heavy atom. The monoisotopic (exact) mass is 541 g/mol. The smallest absolute Gasteiger partial charge is 0.149 e. The van der Waals surface area contributed by atoms with Crippen LogP contribution in [0.5, 0.6) is 5.75 Å². The first-order valence-electron chi connectivity index (χ1n) is 14.2. The second-order valence-corrected chi connectivity index (χ2v) is 12.3. The van der Waals surface area contributed by atoms with E-state index in [-0.39, 0.29) is 12.0 Å². The molecule has 0 radical (unpaired) electrons. The van der Waals surface area contributed by atoms with Gasteiger partial charge in [-0.25, -0.2) is 0 Å². The summed E-state index contributed by atoms with van der Waals surface area (Å²) >= 11 is 1.87. The predicted octanol–water partition coefficient (Wildman–Crippen LogP) is 10.4. The van der Waals surface area contributed by atoms with Crippen LogP contribution < -0.4 is 4.74 Å². The number of fused-ring (bicyclic) bond motifs is 15. The number of hydrogen-bond donors (Lipinski definition) is 0. The summed E-state index contributed by atoms with van der Waals surface area (Å²) in [6.45, 7) is 0. The van der Waals surface area contributed by atoms with E-state index in [4.69, 9.17) is 4.74 Å². The molecule has 0 N–H and O–H groups in total. The minimum atomic E-state index is 0.0175. The maximum Gasteiger partial charge on any atom is 0.149 e. The maximum absolute atomic E-state index is 6.87. The average Bonchev–Trinajstić information content (AvgIpc) is 3.71. The zero-order chi connectivity index (χ0) is 26.7. The summed E-state index contributed by atoms with van der Waals surface area (Å²) in [5, 5.41) is 10.3. The van der Waals surface area contributed by atoms with Crippen molar-refractivity contribution in [3.63, 3.8) is 0 Å². The van der Waals surface area contributed by atoms with Crippen molar-refractivity contribution < 1.29 is 4.74 Å². The number of hydrogen-bond acceptors (Lipinski definition) is 2. The fraction of sp³-hybridized carbons (Fsp3) is 0.0526. The molecule has 2 nitrogen and oxygen atoms in total. The SMILES string of the molecule is C1=CC2Oc3c(c4ccccc4c4c5ccccc5n(-c5ccc6ccc7sc8ccccc8c7c6c5)c34)C2C=C1. The number of ether oxygens (including phenoxy) is 1. The normalized spacial score (nSPS) is 17.8. The van der Waals surface area contributed by atoms with Crippen molar-refractivity contribution in [1.29, 1.82) is 0 Å². The molecule has 0 saturated heterocycles. The lowest BCUT2D eigenvalue weighted by atomic mass is 9.87. The maximum atomic E-state index is 6.87. The highest BCUT2D eigenvalue weighted by Crippen LogP contribution is 2.52. The Morgan fingerprint density at radius 1 is 0.610 bits per heavy atom. The van der Waals surface area contributed by atoms with Gasteiger partial charge in [-0.05, 0) is 58.0 Å². The quantitative estimate of drug-likeness (QED) is 0.202. The molecule has 1 aliphatic heterocycles. The van der Waals surface area contributed by atoms with E-state index in [1.807, 2.05) is 11.3 Å². The molecule has 41 heavy (non-hydrogen) atoms. The lowest BCUT2D eigenvalue weighted by Gasteiger charge is -2.14. The summed E-state index contributed by atoms with van der Waals surface area (Å²) in [7, 11) is 0. The molecular weight excluding hydrogens is 518 g/mol. The molecule has 2 aliphatic rings. The molecule has 3 heterocycles. The number of aromatic nitrogens is 1. The van der Waals surface area contributed by atoms with Crippen LogP contribution >= 0.6 is 11.3 Å². The zero-order valence-corrected chi connectivity index (χ0v) is 22.9. The van der Waals surface area contributed by atoms with Gasteiger partial charge in [-0.3, -0.25) is 0 Å². The third kappa shape index (κ3) is 2.81. The third-order valence-electron chi connectivity index (χ3n) is 9.09. The molecule has 10 rings (SSSR count). The summed E-state index contributed by atoms with van der Waals surface area (Å²) < 4.78 is 12.0. The van der Waals surface area contributed by atoms with Crippen LogP contribution in [0.2, 0.25) is 0 Å². The van der Waals surface area contributed by atoms with E-state index in [0.29, 0.717) is 0 Å². The number of rotatable bonds is 1. The molecule has 0 fully saturated rings. The molecule has 3 heteroatoms. The van der Waals surface area contributed by atoms with Crippen molar-refractivity contribution in [2.24, 2.45) is 0 Å². The highest BCUT2D eigenvalue weighted by Gasteiger charge is 2.37. The van der Waals surface area contributed by atoms with E-state index in [9.17, 15) is 0 Å². The Balaban J connectivity index is 1.39. The summed E-state index contributed by atoms with van der Waals surface area (Å²) in [6, 6.07) is 38.0. The Bertz CT molecular complexity index is 2470. The van der Waals surface area contributed by atoms with E-state index < -0.39 is 0 Å². The van der Waals surface area contributed by atoms with Crippen molar-refractivity contribution in [3.8, 4) is 11.4 Å². The molecule has 0 spiro atoms. The van der Waals surface area contributed by atoms with E-state index in [1.54, 1.807) is 0 Å². The van der Waals surface area contributed by atoms with Crippen molar-refractivity contribution >= 4 is 74.9 Å². The number of para-hydroxylation sites is 1. The van der Waals surface area contributed by atoms with Crippen LogP contribution in [0.25, 0.3) is 69.2 Å². The van der Waals surface area contributed by atoms with Gasteiger partial charge in [0, 0.05) is 48.1 Å². The highest BCUT2D eigenvalue weighted by atomic mass is 32.1. The molecule has 2 unspecified atom stereocenters. The molecule has 6 aromatic carbocycles. The lowest BCUT2D eigenvalue weighted by molar-refractivity contribution is 0.271. The van der Waals surface area contributed by atoms with Gasteiger partial charge in [0.25, 0.3) is 0 Å². The Morgan fingerprint density at radius 3 is 2.29 bits per heavy atom. The van der Waals surface area contributed by atoms with Gasteiger partial charge in [-0.2, -0.15) is 0 Å². The Kier molecular flexibility index (Phi) is 4.20. The van der Waals surface area contributed by atoms with Gasteiger partial charge in [-0.15, -0.1) is 11.3 Å². The summed E-state index contributed by atoms with van der Waals surface area (Å²) in [6.07, 6.45) is 8.79. The van der Waals surface area contributed by atoms with E-state index in [1.165, 1.54) is 63.6 Å². The molecule has 0 bridgehead atoms. The molecule has 2 atom stereocenters. The first kappa shape index (κ1) is 21.9. The predicted molar refractivity (Wildman–Crippen MR) is 174 cm³/mol. The van der Waals surface area contributed by atoms with Crippen LogP contribution in [0, 0.1) is 0 Å². The standard InChI is InChI=1S/C38H23NOS/c1-2-10-25-24(9-1)35-26-11-3-6-14-30(26)39(37(35)38-36(25)27-12-4-7-15-31(27)40-38)23-19-17-22-18-20-33-34(29(22)21-23)28-13-5-8-16-32(28)41-33/h1-21,27,31H. The van der Waals surface area contributed by atoms with Crippen molar-refractivity contribution in [2.45, 2.75) is 12.0 Å². The average molecular weight is 542 g/mol. The Hall–Kier alpha value is -4.86. The second kappa shape index (κ2) is 7.87. The van der Waals surface area contributed by atoms with Crippen LogP contribution in [-0.4, -0.2) is 10.7 Å². The molecule has 2 aromatic heterocycles. The fourth-order valence-corrected chi connectivity index (χ4v) is 8.52. The van der Waals surface area contributed by atoms with Crippen LogP contribution in [0.1, 0.15) is 11.5 Å². The minimum Gasteiger partial charge on any atom is -0.483 e. The van der Waals surface area contributed by atoms with Gasteiger partial charge >= 0.3 is 0 Å². The number of benzene rings is 6. The van der Waals surface area contributed by atoms with Gasteiger partial charge in [-0.1, -0.05) is 91.0 Å². The molecule has 1 aliphatic carbocycles. The van der Waals surface area contributed by atoms with Crippen LogP contribution in [0.15, 0.2) is 127 Å². The second-order valence-electron chi connectivity index (χ2n) is 11.2. The third-order valence-corrected chi connectivity index (χ3v) is 10.2. The van der Waals surface area contributed by atoms with Gasteiger partial charge < -0.3 is 9.30 Å². The van der Waals surface area contributed by atoms with Gasteiger partial charge in [0.1, 0.15) is 11.9 Å². The summed E-state index contributed by atoms with van der Waals surface area (Å²) in [5.74, 6) is 1.23. The zero-order valence-electron chi connectivity index (χ0n) is 22.0. The minimum absolute atomic E-state index is 0.0175. The first-order valence-corrected chi connectivity index (χ1v) is 15.0. The van der Waals surface area contributed by atoms with Crippen LogP contribution in [-0.2, 0) is 0 Å². The molecule has 192 valence electrons. The lowest BCUT2D eigenvalue weighted by Crippen LogP contribution is -2.15. The first-order chi connectivity index (χ1) is 20.3. The number of thiophene rings is 1. The van der Waals surface area contributed by atoms with E-state index in [2.05, 4.69) is 132 Å². The van der Waals surface area contributed by atoms with Crippen molar-refractivity contribution in [1.82, 2.24) is 4.57 Å². The van der Waals surface area contributed by atoms with Crippen LogP contribution in [0.4, 0.5) is 0 Å². The van der Waals surface area contributed by atoms with Crippen molar-refractivity contribution in [2.75, 3.05) is 0 Å². The van der Waals surface area contributed by atoms with Crippen molar-refractivity contribution in [3.05, 3.63) is 133 Å². The van der Waals surface area contributed by atoms with E-state index in [0.717, 1.165) is 17.0 Å². The summed E-state index contributed by atoms with van der Waals surface area (Å²) in [4.78, 5) is 0. The molecule has 8 aromatic rings. The topological polar surface area (TPSA) is 14.2 Å². The van der Waals surface area contributed by atoms with Gasteiger partial charge in [0.05, 0.1) is 11.0 Å². The summed E-state index contributed by atoms with van der Waals surface area (Å²) in [5.41, 5.74) is 4.83. The van der Waals surface area contributed by atoms with E-state index >= 15 is 0 Å².